The fraction of sp³-hybridized carbons (Fsp3) is 0.455. The van der Waals surface area contributed by atoms with Crippen molar-refractivity contribution in [1.29, 1.82) is 0 Å². The van der Waals surface area contributed by atoms with Crippen LogP contribution in [0.1, 0.15) is 24.0 Å². The minimum atomic E-state index is -0.556. The van der Waals surface area contributed by atoms with Gasteiger partial charge < -0.3 is 10.8 Å². The Morgan fingerprint density at radius 3 is 2.64 bits per heavy atom. The van der Waals surface area contributed by atoms with Crippen LogP contribution in [0, 0.1) is 12.7 Å². The molecule has 1 fully saturated rings. The van der Waals surface area contributed by atoms with Crippen molar-refractivity contribution in [1.82, 2.24) is 0 Å². The van der Waals surface area contributed by atoms with Crippen molar-refractivity contribution in [3.8, 4) is 5.75 Å². The molecule has 3 N–H and O–H groups in total. The summed E-state index contributed by atoms with van der Waals surface area (Å²) in [6, 6.07) is 2.89. The molecule has 0 bridgehead atoms. The molecular formula is C11H14FNO. The molecule has 1 aromatic carbocycles. The van der Waals surface area contributed by atoms with Gasteiger partial charge in [0.25, 0.3) is 0 Å². The van der Waals surface area contributed by atoms with Gasteiger partial charge in [-0.15, -0.1) is 0 Å². The molecule has 1 aliphatic rings. The number of nitrogens with two attached hydrogens (primary N) is 1. The molecule has 1 aromatic rings. The van der Waals surface area contributed by atoms with Crippen LogP contribution < -0.4 is 5.73 Å². The molecule has 0 atom stereocenters. The Bertz CT molecular complexity index is 372. The van der Waals surface area contributed by atoms with Crippen LogP contribution in [0.2, 0.25) is 0 Å². The maximum Gasteiger partial charge on any atom is 0.165 e. The van der Waals surface area contributed by atoms with E-state index in [9.17, 15) is 9.50 Å². The van der Waals surface area contributed by atoms with Gasteiger partial charge in [-0.2, -0.15) is 0 Å². The van der Waals surface area contributed by atoms with E-state index >= 15 is 0 Å². The number of hydrogen-bond donors (Lipinski definition) is 2. The van der Waals surface area contributed by atoms with Crippen LogP contribution >= 0.6 is 0 Å². The Kier molecular flexibility index (Phi) is 2.00. The van der Waals surface area contributed by atoms with E-state index in [2.05, 4.69) is 0 Å². The van der Waals surface area contributed by atoms with Gasteiger partial charge in [-0.25, -0.2) is 4.39 Å². The number of benzene rings is 1. The highest BCUT2D eigenvalue weighted by atomic mass is 19.1. The maximum absolute atomic E-state index is 13.0. The summed E-state index contributed by atoms with van der Waals surface area (Å²) in [7, 11) is 0. The highest BCUT2D eigenvalue weighted by molar-refractivity contribution is 5.43. The summed E-state index contributed by atoms with van der Waals surface area (Å²) in [6.07, 6.45) is 2.07. The first-order chi connectivity index (χ1) is 6.59. The van der Waals surface area contributed by atoms with E-state index in [0.717, 1.165) is 24.0 Å². The molecule has 0 amide bonds. The van der Waals surface area contributed by atoms with Crippen molar-refractivity contribution in [3.05, 3.63) is 29.1 Å². The van der Waals surface area contributed by atoms with Crippen molar-refractivity contribution in [2.24, 2.45) is 5.73 Å². The average molecular weight is 195 g/mol. The van der Waals surface area contributed by atoms with Gasteiger partial charge in [0.2, 0.25) is 0 Å². The van der Waals surface area contributed by atoms with E-state index in [4.69, 9.17) is 5.73 Å². The number of hydrogen-bond acceptors (Lipinski definition) is 2. The predicted molar refractivity (Wildman–Crippen MR) is 52.8 cm³/mol. The predicted octanol–water partition coefficient (Wildman–Crippen LogP) is 1.83. The molecule has 2 rings (SSSR count). The third-order valence-corrected chi connectivity index (χ3v) is 3.11. The number of phenolic OH excluding ortho intramolecular Hbond substituents is 1. The van der Waals surface area contributed by atoms with Gasteiger partial charge >= 0.3 is 0 Å². The quantitative estimate of drug-likeness (QED) is 0.756. The molecule has 3 heteroatoms. The summed E-state index contributed by atoms with van der Waals surface area (Å²) < 4.78 is 13.0. The largest absolute Gasteiger partial charge is 0.505 e. The topological polar surface area (TPSA) is 46.2 Å². The molecule has 0 radical (unpaired) electrons. The third-order valence-electron chi connectivity index (χ3n) is 3.11. The summed E-state index contributed by atoms with van der Waals surface area (Å²) in [6.45, 7) is 2.42. The lowest BCUT2D eigenvalue weighted by Gasteiger charge is -2.16. The fourth-order valence-corrected chi connectivity index (χ4v) is 1.97. The second kappa shape index (κ2) is 2.95. The number of aryl methyl sites for hydroxylation is 1. The lowest BCUT2D eigenvalue weighted by Crippen LogP contribution is -2.20. The molecule has 0 aromatic heterocycles. The minimum absolute atomic E-state index is 0.00919. The van der Waals surface area contributed by atoms with Crippen LogP contribution in [-0.2, 0) is 5.41 Å². The Labute approximate surface area is 82.5 Å². The standard InChI is InChI=1S/C11H14FNO/c1-7-4-9(12)10(14)5-8(7)11(6-13)2-3-11/h4-5,14H,2-3,6,13H2,1H3. The van der Waals surface area contributed by atoms with Crippen molar-refractivity contribution < 1.29 is 9.50 Å². The van der Waals surface area contributed by atoms with Crippen molar-refractivity contribution >= 4 is 0 Å². The number of aromatic hydroxyl groups is 1. The lowest BCUT2D eigenvalue weighted by atomic mass is 9.91. The van der Waals surface area contributed by atoms with Crippen LogP contribution in [0.5, 0.6) is 5.75 Å². The van der Waals surface area contributed by atoms with Gasteiger partial charge in [0.15, 0.2) is 11.6 Å². The van der Waals surface area contributed by atoms with Gasteiger partial charge in [-0.3, -0.25) is 0 Å². The van der Waals surface area contributed by atoms with Crippen LogP contribution in [0.3, 0.4) is 0 Å². The average Bonchev–Trinajstić information content (AvgIpc) is 2.92. The van der Waals surface area contributed by atoms with Gasteiger partial charge in [0, 0.05) is 12.0 Å². The summed E-state index contributed by atoms with van der Waals surface area (Å²) >= 11 is 0. The van der Waals surface area contributed by atoms with Crippen molar-refractivity contribution in [2.45, 2.75) is 25.2 Å². The van der Waals surface area contributed by atoms with E-state index in [-0.39, 0.29) is 11.2 Å². The molecule has 1 saturated carbocycles. The van der Waals surface area contributed by atoms with Crippen molar-refractivity contribution in [2.75, 3.05) is 6.54 Å². The Hall–Kier alpha value is -1.09. The molecule has 0 saturated heterocycles. The first kappa shape index (κ1) is 9.46. The molecule has 76 valence electrons. The number of phenols is 1. The molecule has 2 nitrogen and oxygen atoms in total. The van der Waals surface area contributed by atoms with Crippen molar-refractivity contribution in [3.63, 3.8) is 0 Å². The zero-order valence-electron chi connectivity index (χ0n) is 8.18. The Morgan fingerprint density at radius 1 is 1.50 bits per heavy atom. The second-order valence-electron chi connectivity index (χ2n) is 4.10. The van der Waals surface area contributed by atoms with Gasteiger partial charge in [0.1, 0.15) is 0 Å². The van der Waals surface area contributed by atoms with Crippen LogP contribution in [0.25, 0.3) is 0 Å². The van der Waals surface area contributed by atoms with E-state index in [1.165, 1.54) is 12.1 Å². The first-order valence-electron chi connectivity index (χ1n) is 4.79. The number of halogens is 1. The highest BCUT2D eigenvalue weighted by Crippen LogP contribution is 2.49. The SMILES string of the molecule is Cc1cc(F)c(O)cc1C1(CN)CC1. The monoisotopic (exact) mass is 195 g/mol. The lowest BCUT2D eigenvalue weighted by molar-refractivity contribution is 0.430. The van der Waals surface area contributed by atoms with E-state index in [1.807, 2.05) is 6.92 Å². The molecule has 1 aliphatic carbocycles. The number of rotatable bonds is 2. The fourth-order valence-electron chi connectivity index (χ4n) is 1.97. The minimum Gasteiger partial charge on any atom is -0.505 e. The zero-order valence-corrected chi connectivity index (χ0v) is 8.18. The maximum atomic E-state index is 13.0. The van der Waals surface area contributed by atoms with E-state index in [1.54, 1.807) is 0 Å². The molecule has 0 aliphatic heterocycles. The zero-order chi connectivity index (χ0) is 10.3. The molecule has 0 spiro atoms. The van der Waals surface area contributed by atoms with Gasteiger partial charge in [-0.1, -0.05) is 0 Å². The summed E-state index contributed by atoms with van der Waals surface area (Å²) in [5.41, 5.74) is 7.57. The molecule has 0 heterocycles. The highest BCUT2D eigenvalue weighted by Gasteiger charge is 2.44. The van der Waals surface area contributed by atoms with Gasteiger partial charge in [-0.05, 0) is 43.0 Å². The summed E-state index contributed by atoms with van der Waals surface area (Å²) in [5, 5.41) is 9.30. The third kappa shape index (κ3) is 1.28. The Morgan fingerprint density at radius 2 is 2.14 bits per heavy atom. The summed E-state index contributed by atoms with van der Waals surface area (Å²) in [4.78, 5) is 0. The normalized spacial score (nSPS) is 18.2. The smallest absolute Gasteiger partial charge is 0.165 e. The van der Waals surface area contributed by atoms with E-state index < -0.39 is 5.82 Å². The van der Waals surface area contributed by atoms with Crippen LogP contribution in [0.4, 0.5) is 4.39 Å². The summed E-state index contributed by atoms with van der Waals surface area (Å²) in [5.74, 6) is -0.829. The molecule has 0 unspecified atom stereocenters. The van der Waals surface area contributed by atoms with Crippen LogP contribution in [0.15, 0.2) is 12.1 Å². The second-order valence-corrected chi connectivity index (χ2v) is 4.10. The Balaban J connectivity index is 2.49. The van der Waals surface area contributed by atoms with E-state index in [0.29, 0.717) is 6.54 Å². The molecule has 14 heavy (non-hydrogen) atoms. The van der Waals surface area contributed by atoms with Crippen LogP contribution in [-0.4, -0.2) is 11.7 Å². The first-order valence-corrected chi connectivity index (χ1v) is 4.79. The van der Waals surface area contributed by atoms with Gasteiger partial charge in [0.05, 0.1) is 0 Å². The molecular weight excluding hydrogens is 181 g/mol.